The zero-order valence-electron chi connectivity index (χ0n) is 16.9. The minimum Gasteiger partial charge on any atom is -0.494 e. The predicted octanol–water partition coefficient (Wildman–Crippen LogP) is 3.06. The summed E-state index contributed by atoms with van der Waals surface area (Å²) < 4.78 is 18.7. The van der Waals surface area contributed by atoms with Crippen LogP contribution in [0.4, 0.5) is 9.18 Å². The van der Waals surface area contributed by atoms with Crippen molar-refractivity contribution in [3.05, 3.63) is 29.6 Å². The average Bonchev–Trinajstić information content (AvgIpc) is 2.96. The lowest BCUT2D eigenvalue weighted by Gasteiger charge is -2.41. The first kappa shape index (κ1) is 20.6. The summed E-state index contributed by atoms with van der Waals surface area (Å²) in [6.07, 6.45) is 3.24. The first-order valence-corrected chi connectivity index (χ1v) is 10.0. The number of imide groups is 1. The van der Waals surface area contributed by atoms with Gasteiger partial charge in [-0.3, -0.25) is 15.0 Å². The fourth-order valence-corrected chi connectivity index (χ4v) is 4.33. The Morgan fingerprint density at radius 1 is 1.29 bits per heavy atom. The molecular weight excluding hydrogens is 361 g/mol. The van der Waals surface area contributed by atoms with Gasteiger partial charge in [-0.15, -0.1) is 0 Å². The fourth-order valence-electron chi connectivity index (χ4n) is 4.33. The van der Waals surface area contributed by atoms with Gasteiger partial charge in [0.25, 0.3) is 5.91 Å². The number of amides is 3. The third kappa shape index (κ3) is 4.29. The van der Waals surface area contributed by atoms with Crippen molar-refractivity contribution >= 4 is 11.9 Å². The summed E-state index contributed by atoms with van der Waals surface area (Å²) in [7, 11) is 1.46. The summed E-state index contributed by atoms with van der Waals surface area (Å²) in [6, 6.07) is 4.56. The summed E-state index contributed by atoms with van der Waals surface area (Å²) in [5.74, 6) is 0.303. The smallest absolute Gasteiger partial charge is 0.322 e. The lowest BCUT2D eigenvalue weighted by molar-refractivity contribution is -0.127. The number of rotatable bonds is 7. The molecular formula is C21H30FN3O3. The van der Waals surface area contributed by atoms with Crippen molar-refractivity contribution in [3.8, 4) is 5.75 Å². The van der Waals surface area contributed by atoms with Crippen LogP contribution < -0.4 is 15.4 Å². The van der Waals surface area contributed by atoms with Gasteiger partial charge in [0.2, 0.25) is 0 Å². The average molecular weight is 391 g/mol. The number of piperidine rings is 1. The van der Waals surface area contributed by atoms with Gasteiger partial charge in [0.05, 0.1) is 7.11 Å². The Balaban J connectivity index is 1.64. The van der Waals surface area contributed by atoms with Gasteiger partial charge in [0.15, 0.2) is 11.6 Å². The molecule has 0 spiro atoms. The van der Waals surface area contributed by atoms with E-state index in [0.29, 0.717) is 18.9 Å². The zero-order valence-corrected chi connectivity index (χ0v) is 16.9. The van der Waals surface area contributed by atoms with Crippen molar-refractivity contribution in [2.45, 2.75) is 51.6 Å². The molecule has 1 atom stereocenters. The third-order valence-electron chi connectivity index (χ3n) is 5.99. The number of ether oxygens (including phenoxy) is 1. The second-order valence-corrected chi connectivity index (χ2v) is 8.33. The molecule has 6 nitrogen and oxygen atoms in total. The fraction of sp³-hybridized carbons (Fsp3) is 0.619. The Morgan fingerprint density at radius 2 is 2.00 bits per heavy atom. The Hall–Kier alpha value is -2.15. The number of halogens is 1. The lowest BCUT2D eigenvalue weighted by atomic mass is 9.74. The quantitative estimate of drug-likeness (QED) is 0.701. The van der Waals surface area contributed by atoms with Gasteiger partial charge in [-0.1, -0.05) is 19.9 Å². The molecule has 0 aliphatic carbocycles. The van der Waals surface area contributed by atoms with E-state index in [0.717, 1.165) is 37.9 Å². The van der Waals surface area contributed by atoms with Crippen LogP contribution in [0.3, 0.4) is 0 Å². The normalized spacial score (nSPS) is 23.8. The Morgan fingerprint density at radius 3 is 2.57 bits per heavy atom. The van der Waals surface area contributed by atoms with Crippen LogP contribution in [0.25, 0.3) is 0 Å². The topological polar surface area (TPSA) is 70.7 Å². The van der Waals surface area contributed by atoms with Crippen LogP contribution in [0.5, 0.6) is 5.75 Å². The van der Waals surface area contributed by atoms with E-state index in [1.54, 1.807) is 12.1 Å². The zero-order chi connectivity index (χ0) is 20.3. The molecule has 0 aromatic heterocycles. The molecule has 0 radical (unpaired) electrons. The molecule has 3 amide bonds. The van der Waals surface area contributed by atoms with Crippen LogP contribution in [0.2, 0.25) is 0 Å². The minimum absolute atomic E-state index is 0.122. The van der Waals surface area contributed by atoms with Crippen LogP contribution >= 0.6 is 0 Å². The van der Waals surface area contributed by atoms with E-state index in [1.165, 1.54) is 13.2 Å². The van der Waals surface area contributed by atoms with Crippen LogP contribution in [0.15, 0.2) is 18.2 Å². The molecule has 2 aliphatic rings. The van der Waals surface area contributed by atoms with Gasteiger partial charge < -0.3 is 10.1 Å². The van der Waals surface area contributed by atoms with E-state index in [2.05, 4.69) is 29.4 Å². The maximum absolute atomic E-state index is 13.6. The van der Waals surface area contributed by atoms with Gasteiger partial charge >= 0.3 is 6.03 Å². The van der Waals surface area contributed by atoms with E-state index in [9.17, 15) is 14.0 Å². The molecule has 154 valence electrons. The summed E-state index contributed by atoms with van der Waals surface area (Å²) in [5.41, 5.74) is 0.213. The summed E-state index contributed by atoms with van der Waals surface area (Å²) in [4.78, 5) is 26.8. The number of benzene rings is 1. The highest BCUT2D eigenvalue weighted by atomic mass is 19.1. The monoisotopic (exact) mass is 391 g/mol. The van der Waals surface area contributed by atoms with Crippen molar-refractivity contribution in [1.29, 1.82) is 0 Å². The maximum atomic E-state index is 13.6. The first-order valence-electron chi connectivity index (χ1n) is 10.0. The van der Waals surface area contributed by atoms with Crippen molar-refractivity contribution in [1.82, 2.24) is 15.5 Å². The van der Waals surface area contributed by atoms with Crippen molar-refractivity contribution in [2.24, 2.45) is 11.8 Å². The van der Waals surface area contributed by atoms with E-state index < -0.39 is 5.54 Å². The number of carbonyl (C=O) groups excluding carboxylic acids is 2. The van der Waals surface area contributed by atoms with E-state index in [1.807, 2.05) is 0 Å². The van der Waals surface area contributed by atoms with Crippen molar-refractivity contribution in [2.75, 3.05) is 20.2 Å². The van der Waals surface area contributed by atoms with Gasteiger partial charge in [-0.25, -0.2) is 9.18 Å². The molecule has 2 aliphatic heterocycles. The molecule has 0 bridgehead atoms. The van der Waals surface area contributed by atoms with Crippen LogP contribution in [-0.2, 0) is 11.3 Å². The van der Waals surface area contributed by atoms with Crippen molar-refractivity contribution in [3.63, 3.8) is 0 Å². The molecule has 0 saturated carbocycles. The number of hydrogen-bond donors (Lipinski definition) is 2. The van der Waals surface area contributed by atoms with Gasteiger partial charge in [-0.05, 0) is 68.3 Å². The number of carbonyl (C=O) groups is 2. The van der Waals surface area contributed by atoms with Gasteiger partial charge in [0.1, 0.15) is 5.54 Å². The first-order chi connectivity index (χ1) is 13.3. The summed E-state index contributed by atoms with van der Waals surface area (Å²) in [6.45, 7) is 6.62. The van der Waals surface area contributed by atoms with Gasteiger partial charge in [0, 0.05) is 6.54 Å². The Kier molecular flexibility index (Phi) is 6.23. The number of likely N-dealkylation sites (tertiary alicyclic amines) is 1. The summed E-state index contributed by atoms with van der Waals surface area (Å²) >= 11 is 0. The molecule has 3 rings (SSSR count). The standard InChI is InChI=1S/C21H30FN3O3/c1-14(2)6-9-21(19(26)23-20(27)24-21)16-7-10-25(11-8-16)13-15-4-5-17(22)18(12-15)28-3/h4-5,12,14,16H,6-11,13H2,1-3H3,(H2,23,24,26,27). The number of urea groups is 1. The highest BCUT2D eigenvalue weighted by Crippen LogP contribution is 2.36. The highest BCUT2D eigenvalue weighted by molar-refractivity contribution is 6.07. The molecule has 2 fully saturated rings. The second kappa shape index (κ2) is 8.47. The third-order valence-corrected chi connectivity index (χ3v) is 5.99. The predicted molar refractivity (Wildman–Crippen MR) is 104 cm³/mol. The number of nitrogens with one attached hydrogen (secondary N) is 2. The molecule has 28 heavy (non-hydrogen) atoms. The SMILES string of the molecule is COc1cc(CN2CCC(C3(CCC(C)C)NC(=O)NC3=O)CC2)ccc1F. The van der Waals surface area contributed by atoms with Gasteiger partial charge in [-0.2, -0.15) is 0 Å². The molecule has 2 saturated heterocycles. The second-order valence-electron chi connectivity index (χ2n) is 8.33. The van der Waals surface area contributed by atoms with E-state index in [4.69, 9.17) is 4.74 Å². The van der Waals surface area contributed by atoms with E-state index in [-0.39, 0.29) is 29.4 Å². The highest BCUT2D eigenvalue weighted by Gasteiger charge is 2.51. The number of methoxy groups -OCH3 is 1. The molecule has 1 unspecified atom stereocenters. The van der Waals surface area contributed by atoms with Crippen LogP contribution in [-0.4, -0.2) is 42.6 Å². The molecule has 7 heteroatoms. The van der Waals surface area contributed by atoms with Crippen molar-refractivity contribution < 1.29 is 18.7 Å². The Bertz CT molecular complexity index is 732. The number of hydrogen-bond acceptors (Lipinski definition) is 4. The molecule has 1 aromatic carbocycles. The molecule has 2 heterocycles. The Labute approximate surface area is 165 Å². The lowest BCUT2D eigenvalue weighted by Crippen LogP contribution is -2.56. The van der Waals surface area contributed by atoms with E-state index >= 15 is 0 Å². The maximum Gasteiger partial charge on any atom is 0.322 e. The minimum atomic E-state index is -0.785. The summed E-state index contributed by atoms with van der Waals surface area (Å²) in [5, 5.41) is 5.40. The largest absolute Gasteiger partial charge is 0.494 e. The molecule has 1 aromatic rings. The molecule has 2 N–H and O–H groups in total. The van der Waals surface area contributed by atoms with Crippen LogP contribution in [0, 0.1) is 17.7 Å². The van der Waals surface area contributed by atoms with Crippen LogP contribution in [0.1, 0.15) is 45.1 Å². The number of nitrogens with zero attached hydrogens (tertiary/aromatic N) is 1.